The second-order valence-corrected chi connectivity index (χ2v) is 7.37. The number of nitrogens with zero attached hydrogens (tertiary/aromatic N) is 1. The predicted octanol–water partition coefficient (Wildman–Crippen LogP) is 3.19. The third-order valence-corrected chi connectivity index (χ3v) is 4.71. The van der Waals surface area contributed by atoms with Gasteiger partial charge in [-0.15, -0.1) is 0 Å². The molecule has 0 heterocycles. The highest BCUT2D eigenvalue weighted by molar-refractivity contribution is 9.10. The van der Waals surface area contributed by atoms with Crippen molar-refractivity contribution in [3.63, 3.8) is 0 Å². The van der Waals surface area contributed by atoms with E-state index in [0.29, 0.717) is 41.0 Å². The molecular weight excluding hydrogens is 466 g/mol. The number of rotatable bonds is 12. The monoisotopic (exact) mass is 491 g/mol. The van der Waals surface area contributed by atoms with Crippen LogP contribution in [0.1, 0.15) is 30.9 Å². The zero-order chi connectivity index (χ0) is 22.6. The number of methoxy groups -OCH3 is 1. The van der Waals surface area contributed by atoms with Crippen molar-refractivity contribution in [3.05, 3.63) is 52.0 Å². The van der Waals surface area contributed by atoms with Gasteiger partial charge in [0.05, 0.1) is 24.4 Å². The maximum atomic E-state index is 12.0. The smallest absolute Gasteiger partial charge is 0.255 e. The topological polar surface area (TPSA) is 112 Å². The van der Waals surface area contributed by atoms with Crippen LogP contribution in [0.15, 0.2) is 46.0 Å². The summed E-state index contributed by atoms with van der Waals surface area (Å²) < 4.78 is 16.7. The lowest BCUT2D eigenvalue weighted by atomic mass is 10.1. The second kappa shape index (κ2) is 12.6. The fourth-order valence-corrected chi connectivity index (χ4v) is 3.26. The van der Waals surface area contributed by atoms with Crippen LogP contribution >= 0.6 is 15.9 Å². The zero-order valence-electron chi connectivity index (χ0n) is 17.5. The van der Waals surface area contributed by atoms with Crippen LogP contribution in [0.3, 0.4) is 0 Å². The van der Waals surface area contributed by atoms with Crippen LogP contribution in [0, 0.1) is 0 Å². The predicted molar refractivity (Wildman–Crippen MR) is 122 cm³/mol. The standard InChI is InChI=1S/C22H26BrN3O5/c1-3-30-19-12-16(11-18(23)22(19)31-14-20(24)27)13-25-26-21(28)6-4-5-15-7-9-17(29-2)10-8-15/h7-13H,3-6,14H2,1-2H3,(H2,24,27)(H,26,28). The van der Waals surface area contributed by atoms with E-state index in [2.05, 4.69) is 26.5 Å². The minimum atomic E-state index is -0.588. The molecule has 2 amide bonds. The van der Waals surface area contributed by atoms with Crippen LogP contribution in [-0.2, 0) is 16.0 Å². The average Bonchev–Trinajstić information content (AvgIpc) is 2.73. The number of hydrogen-bond donors (Lipinski definition) is 2. The number of benzene rings is 2. The summed E-state index contributed by atoms with van der Waals surface area (Å²) in [5, 5.41) is 4.00. The minimum absolute atomic E-state index is 0.171. The number of ether oxygens (including phenoxy) is 3. The van der Waals surface area contributed by atoms with E-state index in [1.165, 1.54) is 6.21 Å². The molecule has 0 bridgehead atoms. The molecule has 0 radical (unpaired) electrons. The lowest BCUT2D eigenvalue weighted by molar-refractivity contribution is -0.121. The Morgan fingerprint density at radius 2 is 1.94 bits per heavy atom. The Morgan fingerprint density at radius 1 is 1.19 bits per heavy atom. The maximum absolute atomic E-state index is 12.0. The van der Waals surface area contributed by atoms with E-state index < -0.39 is 5.91 Å². The molecule has 0 spiro atoms. The highest BCUT2D eigenvalue weighted by Gasteiger charge is 2.13. The van der Waals surface area contributed by atoms with Crippen molar-refractivity contribution in [2.75, 3.05) is 20.3 Å². The SMILES string of the molecule is CCOc1cc(C=NNC(=O)CCCc2ccc(OC)cc2)cc(Br)c1OCC(N)=O. The largest absolute Gasteiger partial charge is 0.497 e. The molecule has 0 saturated carbocycles. The van der Waals surface area contributed by atoms with Gasteiger partial charge in [-0.2, -0.15) is 5.10 Å². The summed E-state index contributed by atoms with van der Waals surface area (Å²) in [7, 11) is 1.63. The molecule has 0 aromatic heterocycles. The van der Waals surface area contributed by atoms with Gasteiger partial charge in [0.2, 0.25) is 5.91 Å². The van der Waals surface area contributed by atoms with E-state index in [-0.39, 0.29) is 12.5 Å². The van der Waals surface area contributed by atoms with Crippen molar-refractivity contribution in [3.8, 4) is 17.2 Å². The van der Waals surface area contributed by atoms with E-state index in [4.69, 9.17) is 19.9 Å². The molecule has 0 saturated heterocycles. The third kappa shape index (κ3) is 8.29. The highest BCUT2D eigenvalue weighted by Crippen LogP contribution is 2.36. The number of aryl methyl sites for hydroxylation is 1. The Labute approximate surface area is 189 Å². The van der Waals surface area contributed by atoms with Crippen molar-refractivity contribution in [1.29, 1.82) is 0 Å². The first kappa shape index (κ1) is 24.2. The van der Waals surface area contributed by atoms with E-state index in [1.807, 2.05) is 31.2 Å². The van der Waals surface area contributed by atoms with Crippen LogP contribution < -0.4 is 25.4 Å². The lowest BCUT2D eigenvalue weighted by Gasteiger charge is -2.13. The van der Waals surface area contributed by atoms with Gasteiger partial charge in [0.15, 0.2) is 18.1 Å². The Morgan fingerprint density at radius 3 is 2.58 bits per heavy atom. The number of primary amides is 1. The molecule has 2 rings (SSSR count). The Balaban J connectivity index is 1.88. The first-order valence-corrected chi connectivity index (χ1v) is 10.5. The molecule has 8 nitrogen and oxygen atoms in total. The van der Waals surface area contributed by atoms with Crippen LogP contribution in [0.5, 0.6) is 17.2 Å². The molecule has 0 fully saturated rings. The summed E-state index contributed by atoms with van der Waals surface area (Å²) in [6.07, 6.45) is 3.36. The normalized spacial score (nSPS) is 10.7. The third-order valence-electron chi connectivity index (χ3n) is 4.12. The molecule has 2 aromatic rings. The van der Waals surface area contributed by atoms with E-state index in [9.17, 15) is 9.59 Å². The quantitative estimate of drug-likeness (QED) is 0.349. The number of carbonyl (C=O) groups excluding carboxylic acids is 2. The first-order chi connectivity index (χ1) is 14.9. The summed E-state index contributed by atoms with van der Waals surface area (Å²) >= 11 is 3.39. The molecule has 2 aromatic carbocycles. The second-order valence-electron chi connectivity index (χ2n) is 6.51. The number of hydrazone groups is 1. The number of amides is 2. The van der Waals surface area contributed by atoms with Gasteiger partial charge < -0.3 is 19.9 Å². The number of nitrogens with two attached hydrogens (primary N) is 1. The summed E-state index contributed by atoms with van der Waals surface area (Å²) in [6, 6.07) is 11.2. The number of nitrogens with one attached hydrogen (secondary N) is 1. The Kier molecular flexibility index (Phi) is 9.83. The summed E-state index contributed by atoms with van der Waals surface area (Å²) in [5.41, 5.74) is 9.48. The molecule has 9 heteroatoms. The zero-order valence-corrected chi connectivity index (χ0v) is 19.1. The van der Waals surface area contributed by atoms with E-state index in [0.717, 1.165) is 17.7 Å². The number of carbonyl (C=O) groups is 2. The van der Waals surface area contributed by atoms with Gasteiger partial charge >= 0.3 is 0 Å². The summed E-state index contributed by atoms with van der Waals surface area (Å²) in [6.45, 7) is 1.97. The van der Waals surface area contributed by atoms with Gasteiger partial charge in [0.25, 0.3) is 5.91 Å². The average molecular weight is 492 g/mol. The maximum Gasteiger partial charge on any atom is 0.255 e. The van der Waals surface area contributed by atoms with Crippen LogP contribution in [-0.4, -0.2) is 38.4 Å². The van der Waals surface area contributed by atoms with Crippen LogP contribution in [0.4, 0.5) is 0 Å². The molecule has 31 heavy (non-hydrogen) atoms. The molecule has 0 aliphatic rings. The minimum Gasteiger partial charge on any atom is -0.497 e. The Bertz CT molecular complexity index is 916. The van der Waals surface area contributed by atoms with Crippen LogP contribution in [0.25, 0.3) is 0 Å². The van der Waals surface area contributed by atoms with Gasteiger partial charge in [-0.1, -0.05) is 12.1 Å². The van der Waals surface area contributed by atoms with Gasteiger partial charge in [0.1, 0.15) is 5.75 Å². The molecular formula is C22H26BrN3O5. The number of hydrogen-bond acceptors (Lipinski definition) is 6. The van der Waals surface area contributed by atoms with Gasteiger partial charge in [0, 0.05) is 6.42 Å². The van der Waals surface area contributed by atoms with Crippen LogP contribution in [0.2, 0.25) is 0 Å². The van der Waals surface area contributed by atoms with Crippen molar-refractivity contribution < 1.29 is 23.8 Å². The molecule has 0 unspecified atom stereocenters. The molecule has 166 valence electrons. The first-order valence-electron chi connectivity index (χ1n) is 9.75. The molecule has 0 aliphatic carbocycles. The summed E-state index contributed by atoms with van der Waals surface area (Å²) in [4.78, 5) is 23.0. The number of halogens is 1. The Hall–Kier alpha value is -3.07. The summed E-state index contributed by atoms with van der Waals surface area (Å²) in [5.74, 6) is 0.859. The van der Waals surface area contributed by atoms with Crippen molar-refractivity contribution in [2.45, 2.75) is 26.2 Å². The van der Waals surface area contributed by atoms with Gasteiger partial charge in [-0.25, -0.2) is 5.43 Å². The van der Waals surface area contributed by atoms with E-state index in [1.54, 1.807) is 19.2 Å². The van der Waals surface area contributed by atoms with Gasteiger partial charge in [-0.3, -0.25) is 9.59 Å². The van der Waals surface area contributed by atoms with Crippen molar-refractivity contribution in [1.82, 2.24) is 5.43 Å². The molecule has 3 N–H and O–H groups in total. The van der Waals surface area contributed by atoms with Crippen molar-refractivity contribution in [2.24, 2.45) is 10.8 Å². The van der Waals surface area contributed by atoms with Gasteiger partial charge in [-0.05, 0) is 71.1 Å². The fourth-order valence-electron chi connectivity index (χ4n) is 2.69. The molecule has 0 atom stereocenters. The van der Waals surface area contributed by atoms with Crippen molar-refractivity contribution >= 4 is 34.0 Å². The van der Waals surface area contributed by atoms with E-state index >= 15 is 0 Å². The fraction of sp³-hybridized carbons (Fsp3) is 0.318. The lowest BCUT2D eigenvalue weighted by Crippen LogP contribution is -2.20. The molecule has 0 aliphatic heterocycles. The highest BCUT2D eigenvalue weighted by atomic mass is 79.9.